The SMILES string of the molecule is O=C(Nc1ccc(C(F)(F)F)cc1)c1cc(Cl)cc([N+](=O)[O-])c1O. The Morgan fingerprint density at radius 3 is 2.29 bits per heavy atom. The highest BCUT2D eigenvalue weighted by atomic mass is 35.5. The molecule has 0 bridgehead atoms. The van der Waals surface area contributed by atoms with Crippen LogP contribution in [0.3, 0.4) is 0 Å². The number of hydrogen-bond acceptors (Lipinski definition) is 4. The van der Waals surface area contributed by atoms with Crippen LogP contribution in [0.25, 0.3) is 0 Å². The number of nitrogens with one attached hydrogen (secondary N) is 1. The van der Waals surface area contributed by atoms with Gasteiger partial charge in [0.05, 0.1) is 16.1 Å². The van der Waals surface area contributed by atoms with Crippen LogP contribution in [0.1, 0.15) is 15.9 Å². The van der Waals surface area contributed by atoms with Gasteiger partial charge in [0.2, 0.25) is 5.75 Å². The van der Waals surface area contributed by atoms with Crippen molar-refractivity contribution in [3.8, 4) is 5.75 Å². The smallest absolute Gasteiger partial charge is 0.416 e. The number of nitro groups is 1. The number of nitrogens with zero attached hydrogens (tertiary/aromatic N) is 1. The van der Waals surface area contributed by atoms with Gasteiger partial charge in [0, 0.05) is 16.8 Å². The van der Waals surface area contributed by atoms with E-state index in [9.17, 15) is 33.2 Å². The summed E-state index contributed by atoms with van der Waals surface area (Å²) < 4.78 is 37.4. The Hall–Kier alpha value is -2.81. The minimum Gasteiger partial charge on any atom is -0.502 e. The van der Waals surface area contributed by atoms with Gasteiger partial charge in [0.25, 0.3) is 5.91 Å². The van der Waals surface area contributed by atoms with Gasteiger partial charge < -0.3 is 10.4 Å². The number of benzene rings is 2. The second kappa shape index (κ2) is 6.36. The minimum atomic E-state index is -4.52. The van der Waals surface area contributed by atoms with Gasteiger partial charge in [-0.15, -0.1) is 0 Å². The summed E-state index contributed by atoms with van der Waals surface area (Å²) in [4.78, 5) is 21.9. The molecule has 0 saturated carbocycles. The molecule has 0 saturated heterocycles. The summed E-state index contributed by atoms with van der Waals surface area (Å²) in [5.74, 6) is -1.85. The van der Waals surface area contributed by atoms with Crippen molar-refractivity contribution < 1.29 is 28.0 Å². The lowest BCUT2D eigenvalue weighted by atomic mass is 10.1. The van der Waals surface area contributed by atoms with Crippen molar-refractivity contribution in [3.63, 3.8) is 0 Å². The Kier molecular flexibility index (Phi) is 4.65. The molecule has 24 heavy (non-hydrogen) atoms. The number of amides is 1. The molecule has 0 aromatic heterocycles. The maximum atomic E-state index is 12.5. The summed E-state index contributed by atoms with van der Waals surface area (Å²) in [5, 5.41) is 22.6. The van der Waals surface area contributed by atoms with E-state index in [-0.39, 0.29) is 10.7 Å². The van der Waals surface area contributed by atoms with Crippen LogP contribution < -0.4 is 5.32 Å². The summed E-state index contributed by atoms with van der Waals surface area (Å²) in [6.45, 7) is 0. The molecule has 0 aliphatic heterocycles. The van der Waals surface area contributed by atoms with E-state index in [0.29, 0.717) is 0 Å². The van der Waals surface area contributed by atoms with Crippen LogP contribution in [0, 0.1) is 10.1 Å². The zero-order valence-corrected chi connectivity index (χ0v) is 12.4. The number of nitro benzene ring substituents is 1. The van der Waals surface area contributed by atoms with Gasteiger partial charge in [-0.25, -0.2) is 0 Å². The van der Waals surface area contributed by atoms with Crippen LogP contribution >= 0.6 is 11.6 Å². The molecule has 2 aromatic rings. The number of aromatic hydroxyl groups is 1. The fourth-order valence-corrected chi connectivity index (χ4v) is 2.05. The fraction of sp³-hybridized carbons (Fsp3) is 0.0714. The molecule has 0 fully saturated rings. The van der Waals surface area contributed by atoms with Crippen LogP contribution in [-0.2, 0) is 6.18 Å². The first-order valence-corrected chi connectivity index (χ1v) is 6.63. The van der Waals surface area contributed by atoms with Gasteiger partial charge in [-0.2, -0.15) is 13.2 Å². The van der Waals surface area contributed by atoms with Crippen LogP contribution in [0.2, 0.25) is 5.02 Å². The van der Waals surface area contributed by atoms with Crippen molar-refractivity contribution >= 4 is 28.9 Å². The first-order valence-electron chi connectivity index (χ1n) is 6.25. The number of phenols is 1. The molecule has 0 unspecified atom stereocenters. The lowest BCUT2D eigenvalue weighted by molar-refractivity contribution is -0.385. The summed E-state index contributed by atoms with van der Waals surface area (Å²) in [5.41, 5.74) is -2.13. The number of phenolic OH excluding ortho intramolecular Hbond substituents is 1. The first-order chi connectivity index (χ1) is 11.1. The van der Waals surface area contributed by atoms with Gasteiger partial charge in [0.1, 0.15) is 0 Å². The van der Waals surface area contributed by atoms with Crippen molar-refractivity contribution in [3.05, 3.63) is 62.7 Å². The number of rotatable bonds is 3. The summed E-state index contributed by atoms with van der Waals surface area (Å²) in [6, 6.07) is 5.41. The van der Waals surface area contributed by atoms with E-state index in [1.54, 1.807) is 0 Å². The summed E-state index contributed by atoms with van der Waals surface area (Å²) >= 11 is 5.66. The average molecular weight is 361 g/mol. The third-order valence-corrected chi connectivity index (χ3v) is 3.18. The van der Waals surface area contributed by atoms with Crippen molar-refractivity contribution in [1.82, 2.24) is 0 Å². The summed E-state index contributed by atoms with van der Waals surface area (Å²) in [6.07, 6.45) is -4.52. The third kappa shape index (κ3) is 3.74. The Morgan fingerprint density at radius 1 is 1.21 bits per heavy atom. The molecule has 0 radical (unpaired) electrons. The Bertz CT molecular complexity index is 807. The molecule has 0 heterocycles. The van der Waals surface area contributed by atoms with Crippen molar-refractivity contribution in [2.24, 2.45) is 0 Å². The molecular weight excluding hydrogens is 353 g/mol. The van der Waals surface area contributed by atoms with E-state index in [2.05, 4.69) is 5.32 Å². The maximum Gasteiger partial charge on any atom is 0.416 e. The average Bonchev–Trinajstić information content (AvgIpc) is 2.48. The van der Waals surface area contributed by atoms with E-state index < -0.39 is 39.6 Å². The minimum absolute atomic E-state index is 0.00929. The molecule has 1 amide bonds. The van der Waals surface area contributed by atoms with Crippen LogP contribution in [-0.4, -0.2) is 15.9 Å². The lowest BCUT2D eigenvalue weighted by Gasteiger charge is -2.10. The molecular formula is C14H8ClF3N2O4. The fourth-order valence-electron chi connectivity index (χ4n) is 1.84. The van der Waals surface area contributed by atoms with E-state index >= 15 is 0 Å². The van der Waals surface area contributed by atoms with E-state index in [0.717, 1.165) is 36.4 Å². The zero-order chi connectivity index (χ0) is 18.1. The molecule has 126 valence electrons. The highest BCUT2D eigenvalue weighted by molar-refractivity contribution is 6.31. The number of anilines is 1. The van der Waals surface area contributed by atoms with Gasteiger partial charge in [-0.3, -0.25) is 14.9 Å². The van der Waals surface area contributed by atoms with Gasteiger partial charge >= 0.3 is 11.9 Å². The van der Waals surface area contributed by atoms with Crippen molar-refractivity contribution in [1.29, 1.82) is 0 Å². The molecule has 0 spiro atoms. The van der Waals surface area contributed by atoms with E-state index in [1.165, 1.54) is 0 Å². The molecule has 6 nitrogen and oxygen atoms in total. The Balaban J connectivity index is 2.29. The standard InChI is InChI=1S/C14H8ClF3N2O4/c15-8-5-10(12(21)11(6-8)20(23)24)13(22)19-9-3-1-7(2-4-9)14(16,17)18/h1-6,21H,(H,19,22). The predicted octanol–water partition coefficient (Wildman–Crippen LogP) is 4.22. The number of carbonyl (C=O) groups is 1. The molecule has 2 rings (SSSR count). The first kappa shape index (κ1) is 17.5. The van der Waals surface area contributed by atoms with Crippen molar-refractivity contribution in [2.45, 2.75) is 6.18 Å². The Morgan fingerprint density at radius 2 is 1.79 bits per heavy atom. The van der Waals surface area contributed by atoms with Gasteiger partial charge in [-0.05, 0) is 30.3 Å². The van der Waals surface area contributed by atoms with Gasteiger partial charge in [-0.1, -0.05) is 11.6 Å². The lowest BCUT2D eigenvalue weighted by Crippen LogP contribution is -2.13. The second-order valence-electron chi connectivity index (χ2n) is 4.61. The molecule has 2 N–H and O–H groups in total. The number of carbonyl (C=O) groups excluding carboxylic acids is 1. The quantitative estimate of drug-likeness (QED) is 0.633. The third-order valence-electron chi connectivity index (χ3n) is 2.97. The van der Waals surface area contributed by atoms with Crippen LogP contribution in [0.4, 0.5) is 24.5 Å². The largest absolute Gasteiger partial charge is 0.502 e. The normalized spacial score (nSPS) is 11.2. The molecule has 0 aliphatic rings. The molecule has 0 atom stereocenters. The number of alkyl halides is 3. The molecule has 10 heteroatoms. The predicted molar refractivity (Wildman–Crippen MR) is 79.2 cm³/mol. The number of halogens is 4. The van der Waals surface area contributed by atoms with Crippen LogP contribution in [0.5, 0.6) is 5.75 Å². The Labute approximate surface area is 137 Å². The van der Waals surface area contributed by atoms with Crippen LogP contribution in [0.15, 0.2) is 36.4 Å². The highest BCUT2D eigenvalue weighted by Gasteiger charge is 2.30. The topological polar surface area (TPSA) is 92.5 Å². The summed E-state index contributed by atoms with van der Waals surface area (Å²) in [7, 11) is 0. The monoisotopic (exact) mass is 360 g/mol. The van der Waals surface area contributed by atoms with E-state index in [4.69, 9.17) is 11.6 Å². The molecule has 0 aliphatic carbocycles. The second-order valence-corrected chi connectivity index (χ2v) is 5.04. The van der Waals surface area contributed by atoms with Gasteiger partial charge in [0.15, 0.2) is 0 Å². The van der Waals surface area contributed by atoms with E-state index in [1.807, 2.05) is 0 Å². The van der Waals surface area contributed by atoms with Crippen molar-refractivity contribution in [2.75, 3.05) is 5.32 Å². The number of hydrogen-bond donors (Lipinski definition) is 2. The molecule has 2 aromatic carbocycles. The maximum absolute atomic E-state index is 12.5. The zero-order valence-electron chi connectivity index (χ0n) is 11.6. The highest BCUT2D eigenvalue weighted by Crippen LogP contribution is 2.34.